The summed E-state index contributed by atoms with van der Waals surface area (Å²) in [5.74, 6) is 0. The summed E-state index contributed by atoms with van der Waals surface area (Å²) in [6.07, 6.45) is 0. The Morgan fingerprint density at radius 2 is 1.71 bits per heavy atom. The highest BCUT2D eigenvalue weighted by atomic mass is 28.3. The van der Waals surface area contributed by atoms with Gasteiger partial charge < -0.3 is 0 Å². The largest absolute Gasteiger partial charge is 0.0780 e. The highest BCUT2D eigenvalue weighted by Gasteiger charge is 2.25. The van der Waals surface area contributed by atoms with Gasteiger partial charge in [-0.05, 0) is 17.0 Å². The molecule has 0 spiro atoms. The fraction of sp³-hybridized carbons (Fsp3) is 0.538. The average Bonchev–Trinajstić information content (AvgIpc) is 2.01. The van der Waals surface area contributed by atoms with E-state index in [0.717, 1.165) is 0 Å². The molecule has 0 amide bonds. The quantitative estimate of drug-likeness (QED) is 0.617. The Morgan fingerprint density at radius 3 is 2.07 bits per heavy atom. The Bertz CT molecular complexity index is 280. The van der Waals surface area contributed by atoms with E-state index in [4.69, 9.17) is 0 Å². The van der Waals surface area contributed by atoms with E-state index in [1.807, 2.05) is 6.07 Å². The maximum Gasteiger partial charge on any atom is 0.0780 e. The van der Waals surface area contributed by atoms with Crippen molar-refractivity contribution in [3.63, 3.8) is 0 Å². The van der Waals surface area contributed by atoms with Crippen LogP contribution in [0.15, 0.2) is 18.2 Å². The highest BCUT2D eigenvalue weighted by Crippen LogP contribution is 2.22. The van der Waals surface area contributed by atoms with Crippen molar-refractivity contribution in [1.82, 2.24) is 0 Å². The number of benzene rings is 1. The van der Waals surface area contributed by atoms with Crippen molar-refractivity contribution in [2.75, 3.05) is 0 Å². The van der Waals surface area contributed by atoms with E-state index < -0.39 is 8.07 Å². The molecule has 77 valence electrons. The van der Waals surface area contributed by atoms with Gasteiger partial charge in [0.25, 0.3) is 0 Å². The molecule has 1 aromatic rings. The molecule has 1 aromatic carbocycles. The molecule has 0 saturated heterocycles. The second kappa shape index (κ2) is 3.54. The fourth-order valence-electron chi connectivity index (χ4n) is 1.68. The smallest absolute Gasteiger partial charge is 0.0656 e. The molecule has 0 aromatic heterocycles. The van der Waals surface area contributed by atoms with Crippen LogP contribution in [-0.4, -0.2) is 8.07 Å². The summed E-state index contributed by atoms with van der Waals surface area (Å²) in [4.78, 5) is 0. The first-order valence-electron chi connectivity index (χ1n) is 5.24. The van der Waals surface area contributed by atoms with Gasteiger partial charge in [0.05, 0.1) is 8.07 Å². The fourth-order valence-corrected chi connectivity index (χ4v) is 3.48. The van der Waals surface area contributed by atoms with Gasteiger partial charge in [-0.15, -0.1) is 0 Å². The van der Waals surface area contributed by atoms with E-state index in [1.165, 1.54) is 5.56 Å². The van der Waals surface area contributed by atoms with Crippen LogP contribution in [0.1, 0.15) is 26.3 Å². The topological polar surface area (TPSA) is 0 Å². The van der Waals surface area contributed by atoms with Crippen molar-refractivity contribution in [2.24, 2.45) is 0 Å². The second-order valence-corrected chi connectivity index (χ2v) is 11.0. The van der Waals surface area contributed by atoms with Crippen LogP contribution < -0.4 is 5.19 Å². The normalized spacial score (nSPS) is 13.0. The van der Waals surface area contributed by atoms with Gasteiger partial charge in [0.1, 0.15) is 0 Å². The van der Waals surface area contributed by atoms with E-state index in [0.29, 0.717) is 0 Å². The van der Waals surface area contributed by atoms with Gasteiger partial charge in [0, 0.05) is 0 Å². The van der Waals surface area contributed by atoms with Gasteiger partial charge in [-0.25, -0.2) is 0 Å². The van der Waals surface area contributed by atoms with E-state index in [2.05, 4.69) is 58.6 Å². The lowest BCUT2D eigenvalue weighted by atomic mass is 9.87. The zero-order valence-electron chi connectivity index (χ0n) is 10.2. The van der Waals surface area contributed by atoms with E-state index in [1.54, 1.807) is 5.19 Å². The lowest BCUT2D eigenvalue weighted by molar-refractivity contribution is 0.592. The molecule has 0 N–H and O–H groups in total. The Balaban J connectivity index is 3.31. The third-order valence-electron chi connectivity index (χ3n) is 2.41. The molecular weight excluding hydrogens is 184 g/mol. The monoisotopic (exact) mass is 205 g/mol. The van der Waals surface area contributed by atoms with E-state index in [9.17, 15) is 0 Å². The van der Waals surface area contributed by atoms with Crippen molar-refractivity contribution in [3.05, 3.63) is 29.8 Å². The lowest BCUT2D eigenvalue weighted by Gasteiger charge is -2.28. The van der Waals surface area contributed by atoms with Gasteiger partial charge >= 0.3 is 0 Å². The Hall–Kier alpha value is -0.563. The minimum absolute atomic E-state index is 0.219. The minimum Gasteiger partial charge on any atom is -0.0656 e. The molecule has 0 nitrogen and oxygen atoms in total. The molecular formula is C13H21Si. The Morgan fingerprint density at radius 1 is 1.14 bits per heavy atom. The number of rotatable bonds is 1. The van der Waals surface area contributed by atoms with Gasteiger partial charge in [-0.2, -0.15) is 0 Å². The third kappa shape index (κ3) is 2.47. The van der Waals surface area contributed by atoms with Crippen molar-refractivity contribution < 1.29 is 0 Å². The molecule has 0 aliphatic heterocycles. The van der Waals surface area contributed by atoms with Crippen LogP contribution >= 0.6 is 0 Å². The van der Waals surface area contributed by atoms with Gasteiger partial charge in [0.2, 0.25) is 0 Å². The molecule has 14 heavy (non-hydrogen) atoms. The third-order valence-corrected chi connectivity index (χ3v) is 4.45. The molecule has 0 saturated carbocycles. The number of hydrogen-bond donors (Lipinski definition) is 0. The van der Waals surface area contributed by atoms with Crippen LogP contribution in [0.2, 0.25) is 19.6 Å². The first-order valence-corrected chi connectivity index (χ1v) is 8.74. The standard InChI is InChI=1S/C13H21Si/c1-13(2,3)11-9-7-8-10-12(11)14(4,5)6/h7-8,10H,1-6H3. The molecule has 0 aliphatic carbocycles. The summed E-state index contributed by atoms with van der Waals surface area (Å²) < 4.78 is 0. The summed E-state index contributed by atoms with van der Waals surface area (Å²) >= 11 is 0. The summed E-state index contributed by atoms with van der Waals surface area (Å²) in [5.41, 5.74) is 1.62. The molecule has 1 rings (SSSR count). The predicted molar refractivity (Wildman–Crippen MR) is 67.0 cm³/mol. The summed E-state index contributed by atoms with van der Waals surface area (Å²) in [7, 11) is -1.22. The van der Waals surface area contributed by atoms with Crippen LogP contribution in [-0.2, 0) is 5.41 Å². The van der Waals surface area contributed by atoms with Gasteiger partial charge in [0.15, 0.2) is 0 Å². The van der Waals surface area contributed by atoms with Crippen molar-refractivity contribution in [3.8, 4) is 0 Å². The van der Waals surface area contributed by atoms with Crippen molar-refractivity contribution in [1.29, 1.82) is 0 Å². The summed E-state index contributed by atoms with van der Waals surface area (Å²) in [6, 6.07) is 9.85. The van der Waals surface area contributed by atoms with E-state index >= 15 is 0 Å². The first-order chi connectivity index (χ1) is 6.23. The molecule has 0 aliphatic rings. The Kier molecular flexibility index (Phi) is 2.91. The molecule has 0 bridgehead atoms. The van der Waals surface area contributed by atoms with Crippen LogP contribution in [0.4, 0.5) is 0 Å². The average molecular weight is 205 g/mol. The number of hydrogen-bond acceptors (Lipinski definition) is 0. The first kappa shape index (κ1) is 11.5. The maximum atomic E-state index is 3.42. The molecule has 0 fully saturated rings. The Labute approximate surface area is 89.4 Å². The summed E-state index contributed by atoms with van der Waals surface area (Å²) in [5, 5.41) is 1.55. The molecule has 0 atom stereocenters. The van der Waals surface area contributed by atoms with Gasteiger partial charge in [-0.3, -0.25) is 0 Å². The summed E-state index contributed by atoms with van der Waals surface area (Å²) in [6.45, 7) is 14.0. The van der Waals surface area contributed by atoms with Crippen LogP contribution in [0.3, 0.4) is 0 Å². The zero-order chi connectivity index (χ0) is 11.0. The van der Waals surface area contributed by atoms with Crippen LogP contribution in [0, 0.1) is 6.07 Å². The molecule has 0 heterocycles. The molecule has 0 unspecified atom stereocenters. The predicted octanol–water partition coefficient (Wildman–Crippen LogP) is 3.33. The second-order valence-electron chi connectivity index (χ2n) is 5.96. The molecule has 1 radical (unpaired) electrons. The van der Waals surface area contributed by atoms with Crippen molar-refractivity contribution in [2.45, 2.75) is 45.8 Å². The van der Waals surface area contributed by atoms with E-state index in [-0.39, 0.29) is 5.41 Å². The minimum atomic E-state index is -1.22. The highest BCUT2D eigenvalue weighted by molar-refractivity contribution is 6.89. The van der Waals surface area contributed by atoms with Crippen LogP contribution in [0.5, 0.6) is 0 Å². The maximum absolute atomic E-state index is 3.42. The molecule has 1 heteroatoms. The SMILES string of the molecule is CC(C)(C)c1[c]cccc1[Si](C)(C)C. The van der Waals surface area contributed by atoms with Crippen molar-refractivity contribution >= 4 is 13.3 Å². The lowest BCUT2D eigenvalue weighted by Crippen LogP contribution is -2.42. The zero-order valence-corrected chi connectivity index (χ0v) is 11.2. The van der Waals surface area contributed by atoms with Crippen LogP contribution in [0.25, 0.3) is 0 Å². The van der Waals surface area contributed by atoms with Gasteiger partial charge in [-0.1, -0.05) is 63.8 Å².